The number of carbonyl (C=O) groups is 1. The number of aromatic nitrogens is 2. The van der Waals surface area contributed by atoms with Gasteiger partial charge in [-0.1, -0.05) is 0 Å². The molecule has 0 bridgehead atoms. The quantitative estimate of drug-likeness (QED) is 0.778. The van der Waals surface area contributed by atoms with E-state index in [0.717, 1.165) is 31.5 Å². The molecular formula is C12H16N2O2. The van der Waals surface area contributed by atoms with Crippen LogP contribution in [0.2, 0.25) is 0 Å². The Labute approximate surface area is 94.3 Å². The van der Waals surface area contributed by atoms with Crippen LogP contribution in [0.5, 0.6) is 0 Å². The van der Waals surface area contributed by atoms with Crippen molar-refractivity contribution in [1.82, 2.24) is 9.55 Å². The van der Waals surface area contributed by atoms with Crippen molar-refractivity contribution < 1.29 is 9.90 Å². The van der Waals surface area contributed by atoms with Crippen LogP contribution in [0.1, 0.15) is 36.5 Å². The highest BCUT2D eigenvalue weighted by Gasteiger charge is 2.29. The van der Waals surface area contributed by atoms with E-state index < -0.39 is 5.97 Å². The maximum atomic E-state index is 11.0. The molecule has 1 atom stereocenters. The second-order valence-electron chi connectivity index (χ2n) is 4.81. The first-order valence-corrected chi connectivity index (χ1v) is 6.05. The largest absolute Gasteiger partial charge is 0.481 e. The van der Waals surface area contributed by atoms with Gasteiger partial charge in [-0.15, -0.1) is 0 Å². The van der Waals surface area contributed by atoms with Gasteiger partial charge in [0.2, 0.25) is 0 Å². The normalized spacial score (nSPS) is 23.6. The van der Waals surface area contributed by atoms with Gasteiger partial charge in [-0.3, -0.25) is 4.79 Å². The summed E-state index contributed by atoms with van der Waals surface area (Å²) in [6, 6.07) is 0. The van der Waals surface area contributed by atoms with E-state index >= 15 is 0 Å². The van der Waals surface area contributed by atoms with Crippen LogP contribution in [0.15, 0.2) is 0 Å². The number of aryl methyl sites for hydroxylation is 1. The summed E-state index contributed by atoms with van der Waals surface area (Å²) in [5.41, 5.74) is 2.36. The van der Waals surface area contributed by atoms with Crippen LogP contribution in [0, 0.1) is 5.92 Å². The summed E-state index contributed by atoms with van der Waals surface area (Å²) >= 11 is 0. The zero-order valence-electron chi connectivity index (χ0n) is 9.28. The third-order valence-corrected chi connectivity index (χ3v) is 3.79. The van der Waals surface area contributed by atoms with Crippen LogP contribution in [-0.2, 0) is 30.6 Å². The molecule has 3 rings (SSSR count). The van der Waals surface area contributed by atoms with Crippen molar-refractivity contribution in [3.05, 3.63) is 17.2 Å². The number of hydrogen-bond donors (Lipinski definition) is 1. The summed E-state index contributed by atoms with van der Waals surface area (Å²) in [5, 5.41) is 9.03. The molecule has 1 aliphatic heterocycles. The molecule has 1 aromatic rings. The van der Waals surface area contributed by atoms with Crippen LogP contribution in [-0.4, -0.2) is 20.6 Å². The molecule has 1 aliphatic carbocycles. The lowest BCUT2D eigenvalue weighted by atomic mass is 9.90. The van der Waals surface area contributed by atoms with E-state index in [1.165, 1.54) is 24.4 Å². The second-order valence-corrected chi connectivity index (χ2v) is 4.81. The van der Waals surface area contributed by atoms with Crippen molar-refractivity contribution in [3.63, 3.8) is 0 Å². The maximum absolute atomic E-state index is 11.0. The molecule has 0 aromatic carbocycles. The van der Waals surface area contributed by atoms with Crippen LogP contribution in [0.3, 0.4) is 0 Å². The minimum atomic E-state index is -0.670. The number of imidazole rings is 1. The number of carboxylic acids is 1. The van der Waals surface area contributed by atoms with E-state index in [0.29, 0.717) is 6.42 Å². The molecule has 4 nitrogen and oxygen atoms in total. The van der Waals surface area contributed by atoms with Crippen molar-refractivity contribution in [1.29, 1.82) is 0 Å². The molecule has 0 spiro atoms. The Morgan fingerprint density at radius 2 is 2.25 bits per heavy atom. The molecule has 0 amide bonds. The summed E-state index contributed by atoms with van der Waals surface area (Å²) in [6.45, 7) is 1.08. The Morgan fingerprint density at radius 3 is 3.06 bits per heavy atom. The van der Waals surface area contributed by atoms with Gasteiger partial charge in [-0.2, -0.15) is 0 Å². The molecular weight excluding hydrogens is 204 g/mol. The Kier molecular flexibility index (Phi) is 2.23. The molecule has 0 saturated carbocycles. The highest BCUT2D eigenvalue weighted by molar-refractivity contribution is 5.70. The van der Waals surface area contributed by atoms with Crippen molar-refractivity contribution in [3.8, 4) is 0 Å². The maximum Gasteiger partial charge on any atom is 0.306 e. The van der Waals surface area contributed by atoms with E-state index in [1.807, 2.05) is 0 Å². The number of fused-ring (bicyclic) bond motifs is 3. The monoisotopic (exact) mass is 220 g/mol. The lowest BCUT2D eigenvalue weighted by Gasteiger charge is -2.21. The molecule has 2 aliphatic rings. The number of hydrogen-bond acceptors (Lipinski definition) is 2. The molecule has 1 aromatic heterocycles. The molecule has 1 N–H and O–H groups in total. The van der Waals surface area contributed by atoms with Crippen LogP contribution in [0.4, 0.5) is 0 Å². The van der Waals surface area contributed by atoms with E-state index in [9.17, 15) is 4.79 Å². The third kappa shape index (κ3) is 1.44. The highest BCUT2D eigenvalue weighted by Crippen LogP contribution is 2.28. The third-order valence-electron chi connectivity index (χ3n) is 3.79. The number of nitrogens with zero attached hydrogens (tertiary/aromatic N) is 2. The van der Waals surface area contributed by atoms with Gasteiger partial charge in [-0.25, -0.2) is 4.98 Å². The predicted molar refractivity (Wildman–Crippen MR) is 58.3 cm³/mol. The Morgan fingerprint density at radius 1 is 1.38 bits per heavy atom. The van der Waals surface area contributed by atoms with Crippen LogP contribution in [0.25, 0.3) is 0 Å². The molecule has 1 unspecified atom stereocenters. The van der Waals surface area contributed by atoms with Crippen LogP contribution < -0.4 is 0 Å². The standard InChI is InChI=1S/C12H16N2O2/c15-12(16)8-4-5-10-9(7-8)13-11-3-1-2-6-14(10)11/h8H,1-7H2,(H,15,16). The van der Waals surface area contributed by atoms with E-state index in [1.54, 1.807) is 0 Å². The predicted octanol–water partition coefficient (Wildman–Crippen LogP) is 1.41. The zero-order chi connectivity index (χ0) is 11.1. The summed E-state index contributed by atoms with van der Waals surface area (Å²) in [4.78, 5) is 15.6. The van der Waals surface area contributed by atoms with E-state index in [2.05, 4.69) is 9.55 Å². The minimum absolute atomic E-state index is 0.218. The number of carboxylic acid groups (broad SMARTS) is 1. The Bertz CT molecular complexity index is 436. The fraction of sp³-hybridized carbons (Fsp3) is 0.667. The molecule has 0 radical (unpaired) electrons. The molecule has 0 saturated heterocycles. The first kappa shape index (κ1) is 9.87. The van der Waals surface area contributed by atoms with Gasteiger partial charge >= 0.3 is 5.97 Å². The highest BCUT2D eigenvalue weighted by atomic mass is 16.4. The summed E-state index contributed by atoms with van der Waals surface area (Å²) in [6.07, 6.45) is 5.80. The fourth-order valence-corrected chi connectivity index (χ4v) is 2.90. The van der Waals surface area contributed by atoms with Gasteiger partial charge in [0, 0.05) is 25.1 Å². The first-order chi connectivity index (χ1) is 7.75. The molecule has 4 heteroatoms. The van der Waals surface area contributed by atoms with Gasteiger partial charge < -0.3 is 9.67 Å². The average Bonchev–Trinajstić information content (AvgIpc) is 2.66. The summed E-state index contributed by atoms with van der Waals surface area (Å²) in [5.74, 6) is 0.295. The number of rotatable bonds is 1. The summed E-state index contributed by atoms with van der Waals surface area (Å²) < 4.78 is 2.33. The Balaban J connectivity index is 1.94. The summed E-state index contributed by atoms with van der Waals surface area (Å²) in [7, 11) is 0. The van der Waals surface area contributed by atoms with Gasteiger partial charge in [-0.05, 0) is 25.7 Å². The smallest absolute Gasteiger partial charge is 0.306 e. The molecule has 0 fully saturated rings. The van der Waals surface area contributed by atoms with Crippen LogP contribution >= 0.6 is 0 Å². The van der Waals surface area contributed by atoms with Crippen molar-refractivity contribution >= 4 is 5.97 Å². The van der Waals surface area contributed by atoms with Gasteiger partial charge in [0.15, 0.2) is 0 Å². The van der Waals surface area contributed by atoms with E-state index in [4.69, 9.17) is 5.11 Å². The van der Waals surface area contributed by atoms with Crippen molar-refractivity contribution in [2.24, 2.45) is 5.92 Å². The first-order valence-electron chi connectivity index (χ1n) is 6.05. The lowest BCUT2D eigenvalue weighted by Crippen LogP contribution is -2.23. The SMILES string of the molecule is O=C(O)C1CCc2c(nc3n2CCCC3)C1. The van der Waals surface area contributed by atoms with E-state index in [-0.39, 0.29) is 5.92 Å². The minimum Gasteiger partial charge on any atom is -0.481 e. The van der Waals surface area contributed by atoms with Gasteiger partial charge in [0.05, 0.1) is 11.6 Å². The molecule has 2 heterocycles. The Hall–Kier alpha value is -1.32. The van der Waals surface area contributed by atoms with Crippen molar-refractivity contribution in [2.45, 2.75) is 45.1 Å². The van der Waals surface area contributed by atoms with Crippen molar-refractivity contribution in [2.75, 3.05) is 0 Å². The van der Waals surface area contributed by atoms with Gasteiger partial charge in [0.1, 0.15) is 5.82 Å². The fourth-order valence-electron chi connectivity index (χ4n) is 2.90. The zero-order valence-corrected chi connectivity index (χ0v) is 9.28. The molecule has 16 heavy (non-hydrogen) atoms. The second kappa shape index (κ2) is 3.61. The van der Waals surface area contributed by atoms with Gasteiger partial charge in [0.25, 0.3) is 0 Å². The number of aliphatic carboxylic acids is 1. The average molecular weight is 220 g/mol. The lowest BCUT2D eigenvalue weighted by molar-refractivity contribution is -0.142. The molecule has 86 valence electrons. The topological polar surface area (TPSA) is 55.1 Å².